The molecule has 1 aromatic carbocycles. The van der Waals surface area contributed by atoms with Crippen molar-refractivity contribution in [3.8, 4) is 0 Å². The summed E-state index contributed by atoms with van der Waals surface area (Å²) in [6, 6.07) is 3.89. The molecule has 0 heterocycles. The number of carbonyl (C=O) groups is 1. The van der Waals surface area contributed by atoms with Crippen LogP contribution in [0.5, 0.6) is 0 Å². The molecule has 7 heteroatoms. The molecule has 2 rings (SSSR count). The SMILES string of the molecule is CC1CCC(CNC(=O)c2cc(Cl)cc(S(=O)(=O)Cl)c2)C1. The van der Waals surface area contributed by atoms with Gasteiger partial charge in [0.05, 0.1) is 4.90 Å². The van der Waals surface area contributed by atoms with Gasteiger partial charge >= 0.3 is 0 Å². The van der Waals surface area contributed by atoms with Crippen LogP contribution in [0.25, 0.3) is 0 Å². The molecule has 0 aromatic heterocycles. The fourth-order valence-electron chi connectivity index (χ4n) is 2.68. The molecular weight excluding hydrogens is 333 g/mol. The Morgan fingerprint density at radius 1 is 1.33 bits per heavy atom. The third-order valence-corrected chi connectivity index (χ3v) is 5.32. The van der Waals surface area contributed by atoms with Crippen LogP contribution < -0.4 is 5.32 Å². The summed E-state index contributed by atoms with van der Waals surface area (Å²) in [7, 11) is 1.37. The molecule has 2 atom stereocenters. The van der Waals surface area contributed by atoms with Gasteiger partial charge in [-0.15, -0.1) is 0 Å². The van der Waals surface area contributed by atoms with Crippen LogP contribution in [-0.2, 0) is 9.05 Å². The second-order valence-corrected chi connectivity index (χ2v) is 8.61. The highest BCUT2D eigenvalue weighted by Crippen LogP contribution is 2.29. The van der Waals surface area contributed by atoms with Gasteiger partial charge in [-0.2, -0.15) is 0 Å². The number of amides is 1. The fraction of sp³-hybridized carbons (Fsp3) is 0.500. The minimum Gasteiger partial charge on any atom is -0.352 e. The molecular formula is C14H17Cl2NO3S. The molecule has 0 saturated heterocycles. The highest BCUT2D eigenvalue weighted by Gasteiger charge is 2.22. The number of nitrogens with one attached hydrogen (secondary N) is 1. The summed E-state index contributed by atoms with van der Waals surface area (Å²) in [6.07, 6.45) is 3.40. The monoisotopic (exact) mass is 349 g/mol. The maximum absolute atomic E-state index is 12.1. The van der Waals surface area contributed by atoms with E-state index in [9.17, 15) is 13.2 Å². The van der Waals surface area contributed by atoms with Gasteiger partial charge in [0.15, 0.2) is 0 Å². The Hall–Kier alpha value is -0.780. The first-order chi connectivity index (χ1) is 9.75. The molecule has 2 unspecified atom stereocenters. The van der Waals surface area contributed by atoms with Crippen molar-refractivity contribution < 1.29 is 13.2 Å². The average molecular weight is 350 g/mol. The van der Waals surface area contributed by atoms with Crippen molar-refractivity contribution in [1.82, 2.24) is 5.32 Å². The molecule has 1 aliphatic carbocycles. The lowest BCUT2D eigenvalue weighted by Crippen LogP contribution is -2.28. The Morgan fingerprint density at radius 2 is 2.05 bits per heavy atom. The summed E-state index contributed by atoms with van der Waals surface area (Å²) >= 11 is 5.84. The topological polar surface area (TPSA) is 63.2 Å². The summed E-state index contributed by atoms with van der Waals surface area (Å²) < 4.78 is 22.7. The number of benzene rings is 1. The van der Waals surface area contributed by atoms with Crippen molar-refractivity contribution in [2.75, 3.05) is 6.54 Å². The number of carbonyl (C=O) groups excluding carboxylic acids is 1. The Labute approximate surface area is 134 Å². The normalized spacial score (nSPS) is 22.2. The molecule has 4 nitrogen and oxygen atoms in total. The highest BCUT2D eigenvalue weighted by molar-refractivity contribution is 8.13. The van der Waals surface area contributed by atoms with Crippen LogP contribution >= 0.6 is 22.3 Å². The molecule has 0 radical (unpaired) electrons. The standard InChI is InChI=1S/C14H17Cl2NO3S/c1-9-2-3-10(4-9)8-17-14(18)11-5-12(15)7-13(6-11)21(16,19)20/h5-7,9-10H,2-4,8H2,1H3,(H,17,18). The Bertz CT molecular complexity index is 646. The van der Waals surface area contributed by atoms with Gasteiger partial charge in [-0.1, -0.05) is 24.9 Å². The van der Waals surface area contributed by atoms with E-state index >= 15 is 0 Å². The molecule has 0 bridgehead atoms. The molecule has 116 valence electrons. The quantitative estimate of drug-likeness (QED) is 0.846. The van der Waals surface area contributed by atoms with Crippen LogP contribution in [-0.4, -0.2) is 20.9 Å². The van der Waals surface area contributed by atoms with Crippen LogP contribution in [0.2, 0.25) is 5.02 Å². The second kappa shape index (κ2) is 6.55. The van der Waals surface area contributed by atoms with Gasteiger partial charge in [-0.3, -0.25) is 4.79 Å². The third kappa shape index (κ3) is 4.59. The van der Waals surface area contributed by atoms with E-state index in [0.717, 1.165) is 12.8 Å². The van der Waals surface area contributed by atoms with E-state index in [1.54, 1.807) is 0 Å². The maximum atomic E-state index is 12.1. The third-order valence-electron chi connectivity index (χ3n) is 3.77. The van der Waals surface area contributed by atoms with Gasteiger partial charge in [-0.05, 0) is 42.9 Å². The average Bonchev–Trinajstić information content (AvgIpc) is 2.80. The molecule has 0 spiro atoms. The van der Waals surface area contributed by atoms with Crippen LogP contribution in [0, 0.1) is 11.8 Å². The Kier molecular flexibility index (Phi) is 5.17. The molecule has 1 amide bonds. The van der Waals surface area contributed by atoms with Gasteiger partial charge in [-0.25, -0.2) is 8.42 Å². The van der Waals surface area contributed by atoms with E-state index in [2.05, 4.69) is 12.2 Å². The largest absolute Gasteiger partial charge is 0.352 e. The van der Waals surface area contributed by atoms with E-state index in [1.165, 1.54) is 24.6 Å². The smallest absolute Gasteiger partial charge is 0.261 e. The molecule has 21 heavy (non-hydrogen) atoms. The van der Waals surface area contributed by atoms with Gasteiger partial charge in [0.2, 0.25) is 0 Å². The van der Waals surface area contributed by atoms with Crippen LogP contribution in [0.3, 0.4) is 0 Å². The number of rotatable bonds is 4. The van der Waals surface area contributed by atoms with E-state index in [-0.39, 0.29) is 21.4 Å². The molecule has 1 N–H and O–H groups in total. The van der Waals surface area contributed by atoms with Crippen molar-refractivity contribution in [3.63, 3.8) is 0 Å². The summed E-state index contributed by atoms with van der Waals surface area (Å²) in [5.41, 5.74) is 0.202. The predicted molar refractivity (Wildman–Crippen MR) is 83.3 cm³/mol. The van der Waals surface area contributed by atoms with E-state index in [4.69, 9.17) is 22.3 Å². The van der Waals surface area contributed by atoms with Gasteiger partial charge in [0, 0.05) is 27.8 Å². The fourth-order valence-corrected chi connectivity index (χ4v) is 3.79. The number of hydrogen-bond acceptors (Lipinski definition) is 3. The first-order valence-corrected chi connectivity index (χ1v) is 9.48. The first-order valence-electron chi connectivity index (χ1n) is 6.79. The van der Waals surface area contributed by atoms with Gasteiger partial charge in [0.25, 0.3) is 15.0 Å². The van der Waals surface area contributed by atoms with Crippen LogP contribution in [0.15, 0.2) is 23.1 Å². The minimum absolute atomic E-state index is 0.163. The minimum atomic E-state index is -3.91. The van der Waals surface area contributed by atoms with Crippen molar-refractivity contribution >= 4 is 37.2 Å². The summed E-state index contributed by atoms with van der Waals surface area (Å²) in [4.78, 5) is 11.9. The predicted octanol–water partition coefficient (Wildman–Crippen LogP) is 3.43. The molecule has 1 aromatic rings. The molecule has 0 aliphatic heterocycles. The van der Waals surface area contributed by atoms with Crippen molar-refractivity contribution in [2.45, 2.75) is 31.1 Å². The zero-order valence-corrected chi connectivity index (χ0v) is 13.9. The van der Waals surface area contributed by atoms with E-state index in [1.807, 2.05) is 0 Å². The highest BCUT2D eigenvalue weighted by atomic mass is 35.7. The summed E-state index contributed by atoms with van der Waals surface area (Å²) in [6.45, 7) is 2.80. The summed E-state index contributed by atoms with van der Waals surface area (Å²) in [5.74, 6) is 0.851. The maximum Gasteiger partial charge on any atom is 0.261 e. The zero-order valence-electron chi connectivity index (χ0n) is 11.6. The van der Waals surface area contributed by atoms with Gasteiger partial charge in [0.1, 0.15) is 0 Å². The number of hydrogen-bond donors (Lipinski definition) is 1. The molecule has 1 saturated carbocycles. The van der Waals surface area contributed by atoms with Crippen molar-refractivity contribution in [3.05, 3.63) is 28.8 Å². The lowest BCUT2D eigenvalue weighted by molar-refractivity contribution is 0.0947. The van der Waals surface area contributed by atoms with Crippen molar-refractivity contribution in [2.24, 2.45) is 11.8 Å². The molecule has 1 aliphatic rings. The van der Waals surface area contributed by atoms with Gasteiger partial charge < -0.3 is 5.32 Å². The zero-order chi connectivity index (χ0) is 15.6. The van der Waals surface area contributed by atoms with E-state index in [0.29, 0.717) is 18.4 Å². The lowest BCUT2D eigenvalue weighted by atomic mass is 10.1. The Morgan fingerprint density at radius 3 is 2.62 bits per heavy atom. The molecule has 1 fully saturated rings. The van der Waals surface area contributed by atoms with Crippen LogP contribution in [0.4, 0.5) is 0 Å². The Balaban J connectivity index is 2.07. The number of halogens is 2. The van der Waals surface area contributed by atoms with Crippen LogP contribution in [0.1, 0.15) is 36.5 Å². The lowest BCUT2D eigenvalue weighted by Gasteiger charge is -2.11. The first kappa shape index (κ1) is 16.6. The van der Waals surface area contributed by atoms with E-state index < -0.39 is 9.05 Å². The summed E-state index contributed by atoms with van der Waals surface area (Å²) in [5, 5.41) is 3.00. The van der Waals surface area contributed by atoms with Crippen molar-refractivity contribution in [1.29, 1.82) is 0 Å². The second-order valence-electron chi connectivity index (χ2n) is 5.61.